The Morgan fingerprint density at radius 1 is 0.680 bits per heavy atom. The highest BCUT2D eigenvalue weighted by Gasteiger charge is 2.57. The standard InChI is InChI=1S/C29H50N6O13S2/c1-28(2)45-24-20(41)22(43-26(24)47-28)17(38)11-49-9-13-5-34(32-30-13)7-15(36)19(40)16(37)8-35-6-14(31-33-35)10-50-12-18(39)23-21(42)25-27(44-23)48-29(3,4)46-25/h5-6,15-27,30-33,36-42H,7-12H2,1-4H3/t15?,16?,17?,18?,19?,20-,21-,22+,23+,24+,25+,26+,27+/m0/s1. The van der Waals surface area contributed by atoms with Gasteiger partial charge in [0.2, 0.25) is 0 Å². The lowest BCUT2D eigenvalue weighted by Crippen LogP contribution is -2.51. The average Bonchev–Trinajstić information content (AvgIpc) is 3.88. The van der Waals surface area contributed by atoms with Gasteiger partial charge < -0.3 is 75.0 Å². The number of nitrogens with one attached hydrogen (secondary N) is 4. The summed E-state index contributed by atoms with van der Waals surface area (Å²) in [6.45, 7) is 6.86. The SMILES string of the molecule is CC1(C)O[C@H]2O[C@H](C(O)CSCC3=CN(CC(O)C(O)C(O)CN4C=C(CSCC(O)[C@H]5O[C@@H]6OC(C)(C)O[C@@H]6[C@H]5O)NN4)NN3)[C@H](O)[C@H]2O1. The highest BCUT2D eigenvalue weighted by molar-refractivity contribution is 7.99. The van der Waals surface area contributed by atoms with Crippen molar-refractivity contribution < 1.29 is 64.2 Å². The third-order valence-electron chi connectivity index (χ3n) is 8.86. The molecule has 4 fully saturated rings. The number of hydrazine groups is 4. The Hall–Kier alpha value is -1.22. The van der Waals surface area contributed by atoms with Crippen molar-refractivity contribution in [2.24, 2.45) is 0 Å². The van der Waals surface area contributed by atoms with E-state index in [0.717, 1.165) is 11.4 Å². The topological polar surface area (TPSA) is 252 Å². The fraction of sp³-hybridized carbons (Fsp3) is 0.862. The average molecular weight is 755 g/mol. The van der Waals surface area contributed by atoms with E-state index in [9.17, 15) is 35.7 Å². The molecule has 21 heteroatoms. The van der Waals surface area contributed by atoms with E-state index in [-0.39, 0.29) is 24.6 Å². The number of hydrogen-bond acceptors (Lipinski definition) is 21. The molecule has 286 valence electrons. The van der Waals surface area contributed by atoms with E-state index in [1.165, 1.54) is 33.5 Å². The number of ether oxygens (including phenoxy) is 6. The van der Waals surface area contributed by atoms with Gasteiger partial charge in [-0.2, -0.15) is 23.5 Å². The smallest absolute Gasteiger partial charge is 0.190 e. The van der Waals surface area contributed by atoms with Crippen LogP contribution in [-0.2, 0) is 28.4 Å². The first-order valence-electron chi connectivity index (χ1n) is 16.5. The third kappa shape index (κ3) is 8.93. The molecule has 6 rings (SSSR count). The van der Waals surface area contributed by atoms with Crippen molar-refractivity contribution in [2.45, 2.75) is 119 Å². The van der Waals surface area contributed by atoms with Crippen molar-refractivity contribution in [3.8, 4) is 0 Å². The molecular weight excluding hydrogens is 704 g/mol. The van der Waals surface area contributed by atoms with Gasteiger partial charge in [0.1, 0.15) is 54.9 Å². The first-order valence-corrected chi connectivity index (χ1v) is 18.8. The van der Waals surface area contributed by atoms with Gasteiger partial charge in [0.05, 0.1) is 36.7 Å². The minimum atomic E-state index is -1.46. The summed E-state index contributed by atoms with van der Waals surface area (Å²) in [6.07, 6.45) is -9.04. The quantitative estimate of drug-likeness (QED) is 0.0720. The van der Waals surface area contributed by atoms with Crippen LogP contribution < -0.4 is 21.9 Å². The van der Waals surface area contributed by atoms with Gasteiger partial charge in [-0.25, -0.2) is 0 Å². The van der Waals surface area contributed by atoms with Crippen LogP contribution in [0, 0.1) is 0 Å². The van der Waals surface area contributed by atoms with Crippen molar-refractivity contribution in [3.05, 3.63) is 23.8 Å². The molecule has 0 radical (unpaired) electrons. The van der Waals surface area contributed by atoms with E-state index in [0.29, 0.717) is 11.5 Å². The van der Waals surface area contributed by atoms with E-state index in [1.54, 1.807) is 40.1 Å². The monoisotopic (exact) mass is 754 g/mol. The predicted molar refractivity (Wildman–Crippen MR) is 176 cm³/mol. The summed E-state index contributed by atoms with van der Waals surface area (Å²) in [7, 11) is 0. The molecule has 0 amide bonds. The second-order valence-corrected chi connectivity index (χ2v) is 16.1. The van der Waals surface area contributed by atoms with E-state index >= 15 is 0 Å². The van der Waals surface area contributed by atoms with Crippen molar-refractivity contribution in [1.29, 1.82) is 0 Å². The Kier molecular flexibility index (Phi) is 12.0. The van der Waals surface area contributed by atoms with E-state index < -0.39 is 91.3 Å². The van der Waals surface area contributed by atoms with Gasteiger partial charge >= 0.3 is 0 Å². The van der Waals surface area contributed by atoms with Gasteiger partial charge in [-0.15, -0.1) is 11.1 Å². The number of rotatable bonds is 16. The Balaban J connectivity index is 0.855. The van der Waals surface area contributed by atoms with Crippen LogP contribution in [0.2, 0.25) is 0 Å². The molecular formula is C29H50N6O13S2. The molecule has 4 saturated heterocycles. The normalized spacial score (nSPS) is 37.1. The lowest BCUT2D eigenvalue weighted by Gasteiger charge is -2.28. The van der Waals surface area contributed by atoms with Crippen molar-refractivity contribution in [3.63, 3.8) is 0 Å². The maximum Gasteiger partial charge on any atom is 0.190 e. The van der Waals surface area contributed by atoms with Gasteiger partial charge in [0.15, 0.2) is 24.2 Å². The molecule has 6 aliphatic heterocycles. The summed E-state index contributed by atoms with van der Waals surface area (Å²) < 4.78 is 34.0. The van der Waals surface area contributed by atoms with Gasteiger partial charge in [-0.1, -0.05) is 0 Å². The van der Waals surface area contributed by atoms with Crippen LogP contribution >= 0.6 is 23.5 Å². The summed E-state index contributed by atoms with van der Waals surface area (Å²) in [6, 6.07) is 0. The molecule has 0 aromatic carbocycles. The first kappa shape index (κ1) is 38.5. The molecule has 6 aliphatic rings. The number of aliphatic hydroxyl groups is 7. The molecule has 11 N–H and O–H groups in total. The Labute approximate surface area is 298 Å². The van der Waals surface area contributed by atoms with Gasteiger partial charge in [0.25, 0.3) is 0 Å². The largest absolute Gasteiger partial charge is 0.389 e. The molecule has 50 heavy (non-hydrogen) atoms. The maximum absolute atomic E-state index is 10.6. The minimum absolute atomic E-state index is 0.0358. The molecule has 0 aliphatic carbocycles. The number of fused-ring (bicyclic) bond motifs is 2. The third-order valence-corrected chi connectivity index (χ3v) is 11.0. The summed E-state index contributed by atoms with van der Waals surface area (Å²) in [5, 5.41) is 77.2. The predicted octanol–water partition coefficient (Wildman–Crippen LogP) is -3.94. The molecule has 0 saturated carbocycles. The number of nitrogens with zero attached hydrogens (tertiary/aromatic N) is 2. The number of thioether (sulfide) groups is 2. The highest BCUT2D eigenvalue weighted by atomic mass is 32.2. The van der Waals surface area contributed by atoms with Crippen LogP contribution in [-0.4, -0.2) is 173 Å². The molecule has 0 aromatic heterocycles. The van der Waals surface area contributed by atoms with Crippen molar-refractivity contribution in [2.75, 3.05) is 36.1 Å². The molecule has 0 spiro atoms. The zero-order valence-electron chi connectivity index (χ0n) is 28.2. The van der Waals surface area contributed by atoms with Gasteiger partial charge in [0, 0.05) is 35.4 Å². The first-order chi connectivity index (χ1) is 23.6. The Morgan fingerprint density at radius 3 is 1.46 bits per heavy atom. The highest BCUT2D eigenvalue weighted by Crippen LogP contribution is 2.40. The Bertz CT molecular complexity index is 1150. The molecule has 12 atom stereocenters. The lowest BCUT2D eigenvalue weighted by atomic mass is 10.1. The van der Waals surface area contributed by atoms with E-state index in [2.05, 4.69) is 21.9 Å². The van der Waals surface area contributed by atoms with Crippen LogP contribution in [0.25, 0.3) is 0 Å². The maximum atomic E-state index is 10.6. The van der Waals surface area contributed by atoms with Gasteiger partial charge in [-0.3, -0.25) is 10.0 Å². The summed E-state index contributed by atoms with van der Waals surface area (Å²) >= 11 is 2.81. The fourth-order valence-corrected chi connectivity index (χ4v) is 8.28. The van der Waals surface area contributed by atoms with Crippen LogP contribution in [0.3, 0.4) is 0 Å². The number of hydrogen-bond donors (Lipinski definition) is 11. The molecule has 19 nitrogen and oxygen atoms in total. The van der Waals surface area contributed by atoms with Crippen LogP contribution in [0.4, 0.5) is 0 Å². The second kappa shape index (κ2) is 15.6. The molecule has 6 heterocycles. The summed E-state index contributed by atoms with van der Waals surface area (Å²) in [5.41, 5.74) is 13.2. The second-order valence-electron chi connectivity index (χ2n) is 14.0. The summed E-state index contributed by atoms with van der Waals surface area (Å²) in [4.78, 5) is 0. The molecule has 0 bridgehead atoms. The zero-order chi connectivity index (χ0) is 36.0. The number of aliphatic hydroxyl groups excluding tert-OH is 7. The van der Waals surface area contributed by atoms with Gasteiger partial charge in [-0.05, 0) is 27.7 Å². The van der Waals surface area contributed by atoms with E-state index in [1.807, 2.05) is 0 Å². The fourth-order valence-electron chi connectivity index (χ4n) is 6.45. The van der Waals surface area contributed by atoms with Crippen molar-refractivity contribution in [1.82, 2.24) is 31.9 Å². The van der Waals surface area contributed by atoms with E-state index in [4.69, 9.17) is 28.4 Å². The van der Waals surface area contributed by atoms with Crippen molar-refractivity contribution >= 4 is 23.5 Å². The van der Waals surface area contributed by atoms with Crippen LogP contribution in [0.5, 0.6) is 0 Å². The molecule has 4 unspecified atom stereocenters. The zero-order valence-corrected chi connectivity index (χ0v) is 29.8. The summed E-state index contributed by atoms with van der Waals surface area (Å²) in [5.74, 6) is -0.227. The number of β-amino-alcohol motifs (C(OH)–C–C–N with tert-alkyl or cyclic N) is 2. The lowest BCUT2D eigenvalue weighted by molar-refractivity contribution is -0.224. The van der Waals surface area contributed by atoms with Crippen LogP contribution in [0.15, 0.2) is 23.8 Å². The van der Waals surface area contributed by atoms with Crippen LogP contribution in [0.1, 0.15) is 27.7 Å². The minimum Gasteiger partial charge on any atom is -0.389 e. The Morgan fingerprint density at radius 2 is 1.08 bits per heavy atom. The molecule has 0 aromatic rings.